The molecule has 2 rings (SSSR count). The highest BCUT2D eigenvalue weighted by atomic mass is 16.2. The molecule has 0 radical (unpaired) electrons. The molecule has 0 bridgehead atoms. The molecule has 0 aromatic carbocycles. The second kappa shape index (κ2) is 10.5. The van der Waals surface area contributed by atoms with Gasteiger partial charge in [0, 0.05) is 38.9 Å². The van der Waals surface area contributed by atoms with E-state index in [1.165, 1.54) is 32.1 Å². The van der Waals surface area contributed by atoms with Gasteiger partial charge >= 0.3 is 6.03 Å². The number of rotatable bonds is 8. The van der Waals surface area contributed by atoms with E-state index in [4.69, 9.17) is 5.26 Å². The van der Waals surface area contributed by atoms with Crippen molar-refractivity contribution in [2.45, 2.75) is 45.4 Å². The molecule has 1 aliphatic rings. The Labute approximate surface area is 150 Å². The summed E-state index contributed by atoms with van der Waals surface area (Å²) < 4.78 is 0. The molecule has 1 saturated heterocycles. The van der Waals surface area contributed by atoms with Gasteiger partial charge in [0.25, 0.3) is 0 Å². The van der Waals surface area contributed by atoms with Crippen LogP contribution in [-0.4, -0.2) is 48.6 Å². The molecule has 0 spiro atoms. The predicted octanol–water partition coefficient (Wildman–Crippen LogP) is 3.15. The van der Waals surface area contributed by atoms with E-state index in [9.17, 15) is 4.79 Å². The van der Waals surface area contributed by atoms with Crippen LogP contribution in [0.4, 0.5) is 10.6 Å². The normalized spacial score (nSPS) is 14.2. The number of hydrogen-bond donors (Lipinski definition) is 1. The van der Waals surface area contributed by atoms with Crippen LogP contribution in [0.1, 0.15) is 51.0 Å². The lowest BCUT2D eigenvalue weighted by atomic mass is 10.1. The largest absolute Gasteiger partial charge is 0.353 e. The average Bonchev–Trinajstić information content (AvgIpc) is 2.67. The van der Waals surface area contributed by atoms with Gasteiger partial charge in [0.1, 0.15) is 11.9 Å². The average molecular weight is 343 g/mol. The molecule has 1 fully saturated rings. The summed E-state index contributed by atoms with van der Waals surface area (Å²) >= 11 is 0. The molecule has 1 aromatic rings. The minimum absolute atomic E-state index is 0.0426. The first kappa shape index (κ1) is 19.0. The van der Waals surface area contributed by atoms with Gasteiger partial charge in [-0.05, 0) is 18.6 Å². The lowest BCUT2D eigenvalue weighted by Gasteiger charge is -2.35. The lowest BCUT2D eigenvalue weighted by molar-refractivity contribution is 0.194. The molecule has 25 heavy (non-hydrogen) atoms. The van der Waals surface area contributed by atoms with Crippen LogP contribution in [0.3, 0.4) is 0 Å². The van der Waals surface area contributed by atoms with Gasteiger partial charge in [0.15, 0.2) is 0 Å². The summed E-state index contributed by atoms with van der Waals surface area (Å²) in [6.45, 7) is 5.92. The summed E-state index contributed by atoms with van der Waals surface area (Å²) in [5.41, 5.74) is 0.566. The molecule has 6 heteroatoms. The van der Waals surface area contributed by atoms with Gasteiger partial charge in [-0.1, -0.05) is 39.0 Å². The summed E-state index contributed by atoms with van der Waals surface area (Å²) in [6.07, 6.45) is 8.99. The number of nitrogens with zero attached hydrogens (tertiary/aromatic N) is 4. The molecule has 1 N–H and O–H groups in total. The number of piperazine rings is 1. The number of urea groups is 1. The summed E-state index contributed by atoms with van der Waals surface area (Å²) in [4.78, 5) is 20.5. The van der Waals surface area contributed by atoms with E-state index in [0.29, 0.717) is 18.7 Å². The number of carbonyl (C=O) groups excluding carboxylic acids is 1. The highest BCUT2D eigenvalue weighted by molar-refractivity contribution is 5.74. The minimum Gasteiger partial charge on any atom is -0.353 e. The van der Waals surface area contributed by atoms with Crippen molar-refractivity contribution in [3.05, 3.63) is 23.9 Å². The maximum Gasteiger partial charge on any atom is 0.317 e. The standard InChI is InChI=1S/C19H29N5O/c1-2-3-4-5-6-7-10-21-19(25)24-13-11-23(12-14-24)18-9-8-17(15-20)16-22-18/h8-9,16H,2-7,10-14H2,1H3,(H,21,25). The van der Waals surface area contributed by atoms with Gasteiger partial charge in [0.05, 0.1) is 5.56 Å². The molecule has 0 saturated carbocycles. The van der Waals surface area contributed by atoms with Crippen LogP contribution in [0.2, 0.25) is 0 Å². The molecule has 2 amide bonds. The number of aromatic nitrogens is 1. The zero-order chi connectivity index (χ0) is 17.9. The fraction of sp³-hybridized carbons (Fsp3) is 0.632. The van der Waals surface area contributed by atoms with E-state index in [-0.39, 0.29) is 6.03 Å². The number of pyridine rings is 1. The van der Waals surface area contributed by atoms with Crippen molar-refractivity contribution in [3.63, 3.8) is 0 Å². The van der Waals surface area contributed by atoms with Gasteiger partial charge in [-0.15, -0.1) is 0 Å². The fourth-order valence-corrected chi connectivity index (χ4v) is 2.99. The highest BCUT2D eigenvalue weighted by Gasteiger charge is 2.21. The minimum atomic E-state index is 0.0426. The molecule has 1 aromatic heterocycles. The third-order valence-electron chi connectivity index (χ3n) is 4.57. The number of hydrogen-bond acceptors (Lipinski definition) is 4. The Morgan fingerprint density at radius 2 is 1.88 bits per heavy atom. The second-order valence-corrected chi connectivity index (χ2v) is 6.49. The molecule has 0 unspecified atom stereocenters. The molecule has 2 heterocycles. The number of nitrogens with one attached hydrogen (secondary N) is 1. The Morgan fingerprint density at radius 1 is 1.16 bits per heavy atom. The van der Waals surface area contributed by atoms with Gasteiger partial charge in [-0.3, -0.25) is 0 Å². The zero-order valence-corrected chi connectivity index (χ0v) is 15.2. The van der Waals surface area contributed by atoms with E-state index < -0.39 is 0 Å². The number of amides is 2. The molecule has 1 aliphatic heterocycles. The number of nitriles is 1. The SMILES string of the molecule is CCCCCCCCNC(=O)N1CCN(c2ccc(C#N)cn2)CC1. The van der Waals surface area contributed by atoms with Crippen molar-refractivity contribution < 1.29 is 4.79 Å². The van der Waals surface area contributed by atoms with Crippen LogP contribution >= 0.6 is 0 Å². The van der Waals surface area contributed by atoms with Crippen LogP contribution in [-0.2, 0) is 0 Å². The topological polar surface area (TPSA) is 72.3 Å². The maximum absolute atomic E-state index is 12.2. The van der Waals surface area contributed by atoms with Gasteiger partial charge in [-0.2, -0.15) is 5.26 Å². The van der Waals surface area contributed by atoms with Crippen molar-refractivity contribution in [2.75, 3.05) is 37.6 Å². The summed E-state index contributed by atoms with van der Waals surface area (Å²) in [6, 6.07) is 5.77. The van der Waals surface area contributed by atoms with Crippen molar-refractivity contribution in [1.82, 2.24) is 15.2 Å². The third-order valence-corrected chi connectivity index (χ3v) is 4.57. The molecular weight excluding hydrogens is 314 g/mol. The van der Waals surface area contributed by atoms with Crippen molar-refractivity contribution in [2.24, 2.45) is 0 Å². The lowest BCUT2D eigenvalue weighted by Crippen LogP contribution is -2.52. The first-order chi connectivity index (χ1) is 12.2. The van der Waals surface area contributed by atoms with Crippen LogP contribution in [0.15, 0.2) is 18.3 Å². The molecule has 0 atom stereocenters. The monoisotopic (exact) mass is 343 g/mol. The maximum atomic E-state index is 12.2. The predicted molar refractivity (Wildman–Crippen MR) is 99.5 cm³/mol. The van der Waals surface area contributed by atoms with Gasteiger partial charge < -0.3 is 15.1 Å². The van der Waals surface area contributed by atoms with Crippen LogP contribution in [0.5, 0.6) is 0 Å². The van der Waals surface area contributed by atoms with E-state index >= 15 is 0 Å². The zero-order valence-electron chi connectivity index (χ0n) is 15.2. The Hall–Kier alpha value is -2.29. The Bertz CT molecular complexity index is 558. The van der Waals surface area contributed by atoms with Gasteiger partial charge in [-0.25, -0.2) is 9.78 Å². The quantitative estimate of drug-likeness (QED) is 0.736. The van der Waals surface area contributed by atoms with E-state index in [1.807, 2.05) is 11.0 Å². The van der Waals surface area contributed by atoms with Gasteiger partial charge in [0.2, 0.25) is 0 Å². The first-order valence-electron chi connectivity index (χ1n) is 9.38. The van der Waals surface area contributed by atoms with E-state index in [2.05, 4.69) is 28.2 Å². The summed E-state index contributed by atoms with van der Waals surface area (Å²) in [5, 5.41) is 11.9. The number of unbranched alkanes of at least 4 members (excludes halogenated alkanes) is 5. The van der Waals surface area contributed by atoms with Crippen molar-refractivity contribution >= 4 is 11.8 Å². The Morgan fingerprint density at radius 3 is 2.52 bits per heavy atom. The molecular formula is C19H29N5O. The number of anilines is 1. The van der Waals surface area contributed by atoms with Crippen molar-refractivity contribution in [3.8, 4) is 6.07 Å². The van der Waals surface area contributed by atoms with Crippen LogP contribution in [0.25, 0.3) is 0 Å². The summed E-state index contributed by atoms with van der Waals surface area (Å²) in [5.74, 6) is 0.867. The van der Waals surface area contributed by atoms with E-state index in [1.54, 1.807) is 12.3 Å². The molecule has 0 aliphatic carbocycles. The smallest absolute Gasteiger partial charge is 0.317 e. The molecule has 136 valence electrons. The second-order valence-electron chi connectivity index (χ2n) is 6.49. The fourth-order valence-electron chi connectivity index (χ4n) is 2.99. The Kier molecular flexibility index (Phi) is 8.03. The Balaban J connectivity index is 1.63. The first-order valence-corrected chi connectivity index (χ1v) is 9.38. The molecule has 6 nitrogen and oxygen atoms in total. The van der Waals surface area contributed by atoms with Crippen LogP contribution in [0, 0.1) is 11.3 Å². The highest BCUT2D eigenvalue weighted by Crippen LogP contribution is 2.14. The van der Waals surface area contributed by atoms with E-state index in [0.717, 1.165) is 31.9 Å². The van der Waals surface area contributed by atoms with Crippen LogP contribution < -0.4 is 10.2 Å². The summed E-state index contributed by atoms with van der Waals surface area (Å²) in [7, 11) is 0. The third kappa shape index (κ3) is 6.26. The van der Waals surface area contributed by atoms with Crippen molar-refractivity contribution in [1.29, 1.82) is 5.26 Å². The number of carbonyl (C=O) groups is 1.